The van der Waals surface area contributed by atoms with Gasteiger partial charge in [-0.25, -0.2) is 9.97 Å². The van der Waals surface area contributed by atoms with Crippen molar-refractivity contribution >= 4 is 11.7 Å². The van der Waals surface area contributed by atoms with E-state index >= 15 is 0 Å². The van der Waals surface area contributed by atoms with Gasteiger partial charge in [0.25, 0.3) is 0 Å². The first kappa shape index (κ1) is 18.7. The summed E-state index contributed by atoms with van der Waals surface area (Å²) in [6, 6.07) is 15.5. The zero-order valence-electron chi connectivity index (χ0n) is 16.0. The molecule has 7 heteroatoms. The number of hydrogen-bond donors (Lipinski definition) is 0. The molecular formula is C22H21N5O2. The highest BCUT2D eigenvalue weighted by Crippen LogP contribution is 2.21. The molecule has 0 spiro atoms. The molecule has 3 aromatic rings. The minimum Gasteiger partial charge on any atom is -0.441 e. The smallest absolute Gasteiger partial charge is 0.223 e. The lowest BCUT2D eigenvalue weighted by atomic mass is 10.2. The molecule has 0 bridgehead atoms. The van der Waals surface area contributed by atoms with Gasteiger partial charge in [0.2, 0.25) is 5.91 Å². The molecule has 1 saturated heterocycles. The number of rotatable bonds is 5. The Morgan fingerprint density at radius 2 is 1.86 bits per heavy atom. The molecule has 4 rings (SSSR count). The van der Waals surface area contributed by atoms with Gasteiger partial charge >= 0.3 is 0 Å². The molecule has 0 unspecified atom stereocenters. The van der Waals surface area contributed by atoms with Crippen molar-refractivity contribution in [2.75, 3.05) is 31.1 Å². The van der Waals surface area contributed by atoms with Crippen LogP contribution in [0.3, 0.4) is 0 Å². The summed E-state index contributed by atoms with van der Waals surface area (Å²) in [4.78, 5) is 25.1. The second kappa shape index (κ2) is 8.57. The molecule has 0 radical (unpaired) electrons. The van der Waals surface area contributed by atoms with Crippen LogP contribution in [0, 0.1) is 11.3 Å². The number of carbonyl (C=O) groups excluding carboxylic acids is 1. The van der Waals surface area contributed by atoms with E-state index in [4.69, 9.17) is 4.42 Å². The van der Waals surface area contributed by atoms with Gasteiger partial charge in [-0.1, -0.05) is 30.3 Å². The Labute approximate surface area is 169 Å². The van der Waals surface area contributed by atoms with Gasteiger partial charge in [0, 0.05) is 50.8 Å². The van der Waals surface area contributed by atoms with Crippen molar-refractivity contribution in [3.8, 4) is 17.4 Å². The van der Waals surface area contributed by atoms with Crippen molar-refractivity contribution in [2.45, 2.75) is 12.8 Å². The van der Waals surface area contributed by atoms with E-state index in [1.165, 1.54) is 0 Å². The number of amides is 1. The molecule has 1 aromatic carbocycles. The summed E-state index contributed by atoms with van der Waals surface area (Å²) in [6.45, 7) is 2.55. The number of oxazole rings is 1. The number of pyridine rings is 1. The van der Waals surface area contributed by atoms with Crippen molar-refractivity contribution < 1.29 is 9.21 Å². The van der Waals surface area contributed by atoms with Gasteiger partial charge in [-0.15, -0.1) is 0 Å². The molecule has 146 valence electrons. The van der Waals surface area contributed by atoms with E-state index in [-0.39, 0.29) is 5.91 Å². The second-order valence-corrected chi connectivity index (χ2v) is 6.84. The molecule has 1 aliphatic rings. The summed E-state index contributed by atoms with van der Waals surface area (Å²) < 4.78 is 5.78. The Bertz CT molecular complexity index is 1020. The summed E-state index contributed by atoms with van der Waals surface area (Å²) in [5.74, 6) is 2.06. The van der Waals surface area contributed by atoms with Crippen LogP contribution in [0.2, 0.25) is 0 Å². The van der Waals surface area contributed by atoms with Gasteiger partial charge in [0.1, 0.15) is 11.9 Å². The first-order valence-electron chi connectivity index (χ1n) is 9.62. The number of hydrogen-bond acceptors (Lipinski definition) is 6. The molecule has 0 atom stereocenters. The van der Waals surface area contributed by atoms with Crippen LogP contribution in [0.5, 0.6) is 0 Å². The Morgan fingerprint density at radius 3 is 2.62 bits per heavy atom. The number of nitriles is 1. The minimum absolute atomic E-state index is 0.0886. The summed E-state index contributed by atoms with van der Waals surface area (Å²) in [5, 5.41) is 9.25. The van der Waals surface area contributed by atoms with E-state index in [1.54, 1.807) is 24.5 Å². The van der Waals surface area contributed by atoms with E-state index in [0.717, 1.165) is 5.56 Å². The Balaban J connectivity index is 1.30. The zero-order valence-corrected chi connectivity index (χ0v) is 16.0. The Hall–Kier alpha value is -3.66. The lowest BCUT2D eigenvalue weighted by Gasteiger charge is -2.35. The number of piperazine rings is 1. The SMILES string of the molecule is N#Cc1cccnc1N1CCN(C(=O)CCc2ncc(-c3ccccc3)o2)CC1. The second-order valence-electron chi connectivity index (χ2n) is 6.84. The molecular weight excluding hydrogens is 366 g/mol. The van der Waals surface area contributed by atoms with E-state index in [0.29, 0.717) is 62.1 Å². The molecule has 0 aliphatic carbocycles. The molecule has 1 fully saturated rings. The molecule has 2 aromatic heterocycles. The lowest BCUT2D eigenvalue weighted by molar-refractivity contribution is -0.131. The summed E-state index contributed by atoms with van der Waals surface area (Å²) in [6.07, 6.45) is 4.23. The fraction of sp³-hybridized carbons (Fsp3) is 0.273. The van der Waals surface area contributed by atoms with Crippen LogP contribution in [-0.4, -0.2) is 47.0 Å². The maximum atomic E-state index is 12.6. The number of nitrogens with zero attached hydrogens (tertiary/aromatic N) is 5. The van der Waals surface area contributed by atoms with E-state index < -0.39 is 0 Å². The summed E-state index contributed by atoms with van der Waals surface area (Å²) >= 11 is 0. The van der Waals surface area contributed by atoms with Crippen molar-refractivity contribution in [1.82, 2.24) is 14.9 Å². The molecule has 3 heterocycles. The molecule has 7 nitrogen and oxygen atoms in total. The topological polar surface area (TPSA) is 86.3 Å². The third-order valence-electron chi connectivity index (χ3n) is 5.00. The third-order valence-corrected chi connectivity index (χ3v) is 5.00. The van der Waals surface area contributed by atoms with Gasteiger partial charge < -0.3 is 14.2 Å². The Kier molecular flexibility index (Phi) is 5.52. The quantitative estimate of drug-likeness (QED) is 0.669. The first-order valence-corrected chi connectivity index (χ1v) is 9.62. The normalized spacial score (nSPS) is 13.9. The predicted molar refractivity (Wildman–Crippen MR) is 108 cm³/mol. The maximum absolute atomic E-state index is 12.6. The average Bonchev–Trinajstić information content (AvgIpc) is 3.27. The third kappa shape index (κ3) is 4.27. The molecule has 1 amide bonds. The van der Waals surface area contributed by atoms with E-state index in [9.17, 15) is 10.1 Å². The van der Waals surface area contributed by atoms with Crippen LogP contribution in [0.4, 0.5) is 5.82 Å². The van der Waals surface area contributed by atoms with E-state index in [1.807, 2.05) is 35.2 Å². The standard InChI is InChI=1S/C22H21N5O2/c23-15-18-7-4-10-24-22(18)27-13-11-26(12-14-27)21(28)9-8-20-25-16-19(29-20)17-5-2-1-3-6-17/h1-7,10,16H,8-9,11-14H2. The van der Waals surface area contributed by atoms with Crippen molar-refractivity contribution in [2.24, 2.45) is 0 Å². The number of carbonyl (C=O) groups is 1. The van der Waals surface area contributed by atoms with Crippen LogP contribution in [0.25, 0.3) is 11.3 Å². The fourth-order valence-corrected chi connectivity index (χ4v) is 3.44. The van der Waals surface area contributed by atoms with Crippen molar-refractivity contribution in [3.63, 3.8) is 0 Å². The lowest BCUT2D eigenvalue weighted by Crippen LogP contribution is -2.49. The molecule has 0 N–H and O–H groups in total. The van der Waals surface area contributed by atoms with E-state index in [2.05, 4.69) is 20.9 Å². The van der Waals surface area contributed by atoms with Gasteiger partial charge in [-0.2, -0.15) is 5.26 Å². The van der Waals surface area contributed by atoms with Crippen LogP contribution in [-0.2, 0) is 11.2 Å². The van der Waals surface area contributed by atoms with Gasteiger partial charge in [-0.3, -0.25) is 4.79 Å². The van der Waals surface area contributed by atoms with Crippen molar-refractivity contribution in [1.29, 1.82) is 5.26 Å². The number of aromatic nitrogens is 2. The highest BCUT2D eigenvalue weighted by molar-refractivity contribution is 5.76. The number of anilines is 1. The van der Waals surface area contributed by atoms with Gasteiger partial charge in [0.15, 0.2) is 11.7 Å². The summed E-state index contributed by atoms with van der Waals surface area (Å²) in [5.41, 5.74) is 1.53. The molecule has 0 saturated carbocycles. The minimum atomic E-state index is 0.0886. The van der Waals surface area contributed by atoms with Gasteiger partial charge in [-0.05, 0) is 12.1 Å². The zero-order chi connectivity index (χ0) is 20.1. The molecule has 1 aliphatic heterocycles. The maximum Gasteiger partial charge on any atom is 0.223 e. The van der Waals surface area contributed by atoms with Gasteiger partial charge in [0.05, 0.1) is 11.8 Å². The highest BCUT2D eigenvalue weighted by Gasteiger charge is 2.23. The van der Waals surface area contributed by atoms with Crippen LogP contribution in [0.15, 0.2) is 59.3 Å². The number of aryl methyl sites for hydroxylation is 1. The highest BCUT2D eigenvalue weighted by atomic mass is 16.4. The Morgan fingerprint density at radius 1 is 1.07 bits per heavy atom. The largest absolute Gasteiger partial charge is 0.441 e. The average molecular weight is 387 g/mol. The van der Waals surface area contributed by atoms with Crippen LogP contribution >= 0.6 is 0 Å². The number of benzene rings is 1. The summed E-state index contributed by atoms with van der Waals surface area (Å²) in [7, 11) is 0. The fourth-order valence-electron chi connectivity index (χ4n) is 3.44. The monoisotopic (exact) mass is 387 g/mol. The molecule has 29 heavy (non-hydrogen) atoms. The van der Waals surface area contributed by atoms with Crippen LogP contribution in [0.1, 0.15) is 17.9 Å². The predicted octanol–water partition coefficient (Wildman–Crippen LogP) is 2.89. The van der Waals surface area contributed by atoms with Crippen LogP contribution < -0.4 is 4.90 Å². The van der Waals surface area contributed by atoms with Crippen molar-refractivity contribution in [3.05, 3.63) is 66.3 Å². The first-order chi connectivity index (χ1) is 14.2.